The normalized spacial score (nSPS) is 10.8. The van der Waals surface area contributed by atoms with E-state index in [4.69, 9.17) is 14.6 Å². The standard InChI is InChI=1S/C17H29NO3/c1-2-3-4-13-21-17-8-6-16(7-9-17)15-18-10-5-12-20-14-11-19/h6-9,18-19H,2-5,10-15H2,1H3. The van der Waals surface area contributed by atoms with Crippen LogP contribution in [-0.4, -0.2) is 38.1 Å². The summed E-state index contributed by atoms with van der Waals surface area (Å²) in [6.07, 6.45) is 4.53. The van der Waals surface area contributed by atoms with Crippen LogP contribution in [0.3, 0.4) is 0 Å². The minimum absolute atomic E-state index is 0.0975. The molecule has 0 saturated carbocycles. The molecule has 0 amide bonds. The molecular weight excluding hydrogens is 266 g/mol. The van der Waals surface area contributed by atoms with Crippen molar-refractivity contribution in [3.05, 3.63) is 29.8 Å². The van der Waals surface area contributed by atoms with E-state index in [2.05, 4.69) is 24.4 Å². The summed E-state index contributed by atoms with van der Waals surface area (Å²) in [4.78, 5) is 0. The Kier molecular flexibility index (Phi) is 10.8. The van der Waals surface area contributed by atoms with Crippen LogP contribution in [0.2, 0.25) is 0 Å². The van der Waals surface area contributed by atoms with E-state index >= 15 is 0 Å². The van der Waals surface area contributed by atoms with Gasteiger partial charge >= 0.3 is 0 Å². The molecule has 1 aromatic rings. The largest absolute Gasteiger partial charge is 0.494 e. The molecule has 0 aliphatic carbocycles. The number of nitrogens with one attached hydrogen (secondary N) is 1. The van der Waals surface area contributed by atoms with Gasteiger partial charge in [0.05, 0.1) is 19.8 Å². The Morgan fingerprint density at radius 1 is 1.00 bits per heavy atom. The topological polar surface area (TPSA) is 50.7 Å². The summed E-state index contributed by atoms with van der Waals surface area (Å²) in [6, 6.07) is 8.27. The van der Waals surface area contributed by atoms with Gasteiger partial charge in [-0.05, 0) is 37.1 Å². The Bertz CT molecular complexity index is 340. The van der Waals surface area contributed by atoms with Crippen LogP contribution >= 0.6 is 0 Å². The van der Waals surface area contributed by atoms with Crippen molar-refractivity contribution < 1.29 is 14.6 Å². The van der Waals surface area contributed by atoms with Gasteiger partial charge in [-0.1, -0.05) is 31.9 Å². The minimum atomic E-state index is 0.0975. The molecule has 0 unspecified atom stereocenters. The molecule has 0 fully saturated rings. The van der Waals surface area contributed by atoms with Crippen molar-refractivity contribution in [3.8, 4) is 5.75 Å². The second-order valence-corrected chi connectivity index (χ2v) is 5.07. The van der Waals surface area contributed by atoms with Crippen molar-refractivity contribution >= 4 is 0 Å². The molecule has 0 spiro atoms. The van der Waals surface area contributed by atoms with Gasteiger partial charge in [0.1, 0.15) is 5.75 Å². The molecule has 0 bridgehead atoms. The molecule has 0 atom stereocenters. The van der Waals surface area contributed by atoms with Crippen LogP contribution in [0.25, 0.3) is 0 Å². The van der Waals surface area contributed by atoms with Crippen molar-refractivity contribution in [2.24, 2.45) is 0 Å². The number of ether oxygens (including phenoxy) is 2. The summed E-state index contributed by atoms with van der Waals surface area (Å²) in [5.41, 5.74) is 1.26. The molecule has 1 rings (SSSR count). The first-order chi connectivity index (χ1) is 10.4. The van der Waals surface area contributed by atoms with Crippen LogP contribution in [-0.2, 0) is 11.3 Å². The van der Waals surface area contributed by atoms with Crippen molar-refractivity contribution in [1.29, 1.82) is 0 Å². The highest BCUT2D eigenvalue weighted by atomic mass is 16.5. The van der Waals surface area contributed by atoms with Crippen LogP contribution in [0.1, 0.15) is 38.2 Å². The quantitative estimate of drug-likeness (QED) is 0.549. The molecular formula is C17H29NO3. The fraction of sp³-hybridized carbons (Fsp3) is 0.647. The first-order valence-corrected chi connectivity index (χ1v) is 7.98. The number of unbranched alkanes of at least 4 members (excludes halogenated alkanes) is 2. The van der Waals surface area contributed by atoms with Crippen LogP contribution in [0, 0.1) is 0 Å². The highest BCUT2D eigenvalue weighted by molar-refractivity contribution is 5.27. The van der Waals surface area contributed by atoms with Gasteiger partial charge in [-0.15, -0.1) is 0 Å². The maximum absolute atomic E-state index is 8.57. The summed E-state index contributed by atoms with van der Waals surface area (Å²) in [7, 11) is 0. The molecule has 0 saturated heterocycles. The molecule has 0 aliphatic heterocycles. The van der Waals surface area contributed by atoms with Gasteiger partial charge in [-0.3, -0.25) is 0 Å². The van der Waals surface area contributed by atoms with Gasteiger partial charge in [-0.2, -0.15) is 0 Å². The molecule has 0 radical (unpaired) electrons. The van der Waals surface area contributed by atoms with E-state index in [9.17, 15) is 0 Å². The van der Waals surface area contributed by atoms with E-state index in [-0.39, 0.29) is 6.61 Å². The summed E-state index contributed by atoms with van der Waals surface area (Å²) in [5.74, 6) is 0.951. The number of hydrogen-bond acceptors (Lipinski definition) is 4. The maximum atomic E-state index is 8.57. The molecule has 21 heavy (non-hydrogen) atoms. The third-order valence-corrected chi connectivity index (χ3v) is 3.15. The fourth-order valence-electron chi connectivity index (χ4n) is 1.94. The summed E-state index contributed by atoms with van der Waals surface area (Å²) in [6.45, 7) is 5.99. The number of rotatable bonds is 13. The van der Waals surface area contributed by atoms with E-state index in [0.717, 1.165) is 38.3 Å². The smallest absolute Gasteiger partial charge is 0.119 e. The van der Waals surface area contributed by atoms with Crippen molar-refractivity contribution in [2.45, 2.75) is 39.2 Å². The van der Waals surface area contributed by atoms with E-state index in [1.165, 1.54) is 18.4 Å². The van der Waals surface area contributed by atoms with Gasteiger partial charge in [-0.25, -0.2) is 0 Å². The summed E-state index contributed by atoms with van der Waals surface area (Å²) in [5, 5.41) is 11.9. The average Bonchev–Trinajstić information content (AvgIpc) is 2.52. The molecule has 0 aromatic heterocycles. The van der Waals surface area contributed by atoms with Crippen molar-refractivity contribution in [2.75, 3.05) is 33.0 Å². The third-order valence-electron chi connectivity index (χ3n) is 3.15. The lowest BCUT2D eigenvalue weighted by atomic mass is 10.2. The number of aliphatic hydroxyl groups is 1. The Morgan fingerprint density at radius 2 is 1.81 bits per heavy atom. The Hall–Kier alpha value is -1.10. The van der Waals surface area contributed by atoms with Crippen LogP contribution in [0.15, 0.2) is 24.3 Å². The zero-order valence-electron chi connectivity index (χ0n) is 13.1. The van der Waals surface area contributed by atoms with Crippen LogP contribution < -0.4 is 10.1 Å². The summed E-state index contributed by atoms with van der Waals surface area (Å²) >= 11 is 0. The van der Waals surface area contributed by atoms with Crippen molar-refractivity contribution in [3.63, 3.8) is 0 Å². The lowest BCUT2D eigenvalue weighted by Crippen LogP contribution is -2.16. The third kappa shape index (κ3) is 9.45. The predicted octanol–water partition coefficient (Wildman–Crippen LogP) is 2.74. The zero-order valence-corrected chi connectivity index (χ0v) is 13.1. The number of benzene rings is 1. The minimum Gasteiger partial charge on any atom is -0.494 e. The van der Waals surface area contributed by atoms with Crippen LogP contribution in [0.4, 0.5) is 0 Å². The number of aliphatic hydroxyl groups excluding tert-OH is 1. The van der Waals surface area contributed by atoms with E-state index in [0.29, 0.717) is 13.2 Å². The van der Waals surface area contributed by atoms with E-state index in [1.807, 2.05) is 12.1 Å². The summed E-state index contributed by atoms with van der Waals surface area (Å²) < 4.78 is 10.9. The lowest BCUT2D eigenvalue weighted by molar-refractivity contribution is 0.0907. The Morgan fingerprint density at radius 3 is 2.52 bits per heavy atom. The molecule has 0 aliphatic rings. The molecule has 4 nitrogen and oxygen atoms in total. The monoisotopic (exact) mass is 295 g/mol. The SMILES string of the molecule is CCCCCOc1ccc(CNCCCOCCO)cc1. The lowest BCUT2D eigenvalue weighted by Gasteiger charge is -2.08. The first kappa shape index (κ1) is 18.0. The average molecular weight is 295 g/mol. The van der Waals surface area contributed by atoms with Gasteiger partial charge in [0.25, 0.3) is 0 Å². The molecule has 0 heterocycles. The van der Waals surface area contributed by atoms with Gasteiger partial charge < -0.3 is 19.9 Å². The maximum Gasteiger partial charge on any atom is 0.119 e. The second kappa shape index (κ2) is 12.6. The highest BCUT2D eigenvalue weighted by Crippen LogP contribution is 2.12. The Balaban J connectivity index is 2.07. The van der Waals surface area contributed by atoms with Gasteiger partial charge in [0.15, 0.2) is 0 Å². The number of hydrogen-bond donors (Lipinski definition) is 2. The zero-order chi connectivity index (χ0) is 15.2. The molecule has 2 N–H and O–H groups in total. The van der Waals surface area contributed by atoms with Gasteiger partial charge in [0, 0.05) is 13.2 Å². The van der Waals surface area contributed by atoms with E-state index in [1.54, 1.807) is 0 Å². The van der Waals surface area contributed by atoms with Crippen LogP contribution in [0.5, 0.6) is 5.75 Å². The van der Waals surface area contributed by atoms with Crippen molar-refractivity contribution in [1.82, 2.24) is 5.32 Å². The highest BCUT2D eigenvalue weighted by Gasteiger charge is 1.96. The first-order valence-electron chi connectivity index (χ1n) is 7.98. The fourth-order valence-corrected chi connectivity index (χ4v) is 1.94. The van der Waals surface area contributed by atoms with Gasteiger partial charge in [0.2, 0.25) is 0 Å². The molecule has 1 aromatic carbocycles. The predicted molar refractivity (Wildman–Crippen MR) is 85.7 cm³/mol. The van der Waals surface area contributed by atoms with E-state index < -0.39 is 0 Å². The Labute approximate surface area is 128 Å². The molecule has 4 heteroatoms. The molecule has 120 valence electrons. The second-order valence-electron chi connectivity index (χ2n) is 5.07.